The lowest BCUT2D eigenvalue weighted by atomic mass is 10.2. The summed E-state index contributed by atoms with van der Waals surface area (Å²) in [7, 11) is 3.42. The molecular weight excluding hydrogens is 380 g/mol. The molecule has 0 heterocycles. The molecule has 0 saturated carbocycles. The first-order valence-electron chi connectivity index (χ1n) is 5.38. The van der Waals surface area contributed by atoms with E-state index in [2.05, 4.69) is 16.2 Å². The average molecular weight is 396 g/mol. The summed E-state index contributed by atoms with van der Waals surface area (Å²) in [6, 6.07) is 4.62. The fourth-order valence-electron chi connectivity index (χ4n) is 1.51. The van der Waals surface area contributed by atoms with E-state index in [9.17, 15) is 4.39 Å². The van der Waals surface area contributed by atoms with Gasteiger partial charge in [0.15, 0.2) is 5.96 Å². The van der Waals surface area contributed by atoms with Crippen LogP contribution in [0.4, 0.5) is 4.39 Å². The van der Waals surface area contributed by atoms with Gasteiger partial charge in [0.1, 0.15) is 5.82 Å². The molecule has 0 bridgehead atoms. The molecule has 0 atom stereocenters. The van der Waals surface area contributed by atoms with Crippen LogP contribution in [0.25, 0.3) is 0 Å². The number of hydrogen-bond acceptors (Lipinski definition) is 1. The molecule has 19 heavy (non-hydrogen) atoms. The zero-order valence-corrected chi connectivity index (χ0v) is 13.9. The first-order valence-corrected chi connectivity index (χ1v) is 5.76. The van der Waals surface area contributed by atoms with Gasteiger partial charge in [0.05, 0.1) is 6.54 Å². The number of terminal acetylenes is 1. The summed E-state index contributed by atoms with van der Waals surface area (Å²) in [6.07, 6.45) is 5.17. The third-order valence-electron chi connectivity index (χ3n) is 2.38. The monoisotopic (exact) mass is 395 g/mol. The standard InChI is InChI=1S/C13H15ClFN3.HI/c1-4-8-17-13(16-2)18(3)9-10-11(14)6-5-7-12(10)15;/h1,5-7H,8-9H2,2-3H3,(H,16,17);1H. The van der Waals surface area contributed by atoms with Crippen molar-refractivity contribution in [1.82, 2.24) is 10.2 Å². The zero-order chi connectivity index (χ0) is 13.5. The highest BCUT2D eigenvalue weighted by atomic mass is 127. The van der Waals surface area contributed by atoms with E-state index in [4.69, 9.17) is 18.0 Å². The van der Waals surface area contributed by atoms with Crippen LogP contribution in [-0.4, -0.2) is 31.5 Å². The van der Waals surface area contributed by atoms with Gasteiger partial charge in [0.25, 0.3) is 0 Å². The highest BCUT2D eigenvalue weighted by Gasteiger charge is 2.12. The molecule has 0 unspecified atom stereocenters. The normalized spacial score (nSPS) is 10.4. The molecule has 0 radical (unpaired) electrons. The number of rotatable bonds is 3. The molecule has 3 nitrogen and oxygen atoms in total. The van der Waals surface area contributed by atoms with Crippen molar-refractivity contribution < 1.29 is 4.39 Å². The van der Waals surface area contributed by atoms with E-state index in [-0.39, 0.29) is 29.8 Å². The molecule has 0 spiro atoms. The summed E-state index contributed by atoms with van der Waals surface area (Å²) in [5.74, 6) is 2.71. The van der Waals surface area contributed by atoms with Crippen LogP contribution in [0.5, 0.6) is 0 Å². The van der Waals surface area contributed by atoms with Crippen LogP contribution >= 0.6 is 35.6 Å². The highest BCUT2D eigenvalue weighted by Crippen LogP contribution is 2.20. The van der Waals surface area contributed by atoms with Gasteiger partial charge < -0.3 is 10.2 Å². The van der Waals surface area contributed by atoms with Crippen molar-refractivity contribution in [2.24, 2.45) is 4.99 Å². The topological polar surface area (TPSA) is 27.6 Å². The number of hydrogen-bond donors (Lipinski definition) is 1. The summed E-state index contributed by atoms with van der Waals surface area (Å²) in [4.78, 5) is 5.80. The quantitative estimate of drug-likeness (QED) is 0.369. The van der Waals surface area contributed by atoms with Gasteiger partial charge in [-0.2, -0.15) is 0 Å². The maximum absolute atomic E-state index is 13.6. The number of aliphatic imine (C=N–C) groups is 1. The Hall–Kier alpha value is -1.000. The van der Waals surface area contributed by atoms with Gasteiger partial charge in [-0.05, 0) is 12.1 Å². The van der Waals surface area contributed by atoms with Crippen molar-refractivity contribution in [3.8, 4) is 12.3 Å². The van der Waals surface area contributed by atoms with E-state index in [0.29, 0.717) is 29.6 Å². The molecule has 0 aliphatic carbocycles. The molecule has 0 aliphatic rings. The van der Waals surface area contributed by atoms with Gasteiger partial charge in [-0.3, -0.25) is 4.99 Å². The predicted octanol–water partition coefficient (Wildman–Crippen LogP) is 2.74. The van der Waals surface area contributed by atoms with Gasteiger partial charge in [0.2, 0.25) is 0 Å². The molecule has 0 aromatic heterocycles. The minimum Gasteiger partial charge on any atom is -0.345 e. The smallest absolute Gasteiger partial charge is 0.194 e. The van der Waals surface area contributed by atoms with Crippen LogP contribution in [0, 0.1) is 18.2 Å². The Morgan fingerprint density at radius 3 is 2.79 bits per heavy atom. The lowest BCUT2D eigenvalue weighted by Crippen LogP contribution is -2.38. The van der Waals surface area contributed by atoms with Crippen LogP contribution in [0.15, 0.2) is 23.2 Å². The molecular formula is C13H16ClFIN3. The Bertz CT molecular complexity index is 465. The average Bonchev–Trinajstić information content (AvgIpc) is 2.35. The summed E-state index contributed by atoms with van der Waals surface area (Å²) < 4.78 is 13.6. The summed E-state index contributed by atoms with van der Waals surface area (Å²) in [5, 5.41) is 3.35. The SMILES string of the molecule is C#CCNC(=NC)N(C)Cc1c(F)cccc1Cl.I. The highest BCUT2D eigenvalue weighted by molar-refractivity contribution is 14.0. The molecule has 6 heteroatoms. The molecule has 0 fully saturated rings. The van der Waals surface area contributed by atoms with E-state index in [1.807, 2.05) is 0 Å². The Labute approximate surface area is 135 Å². The Morgan fingerprint density at radius 2 is 2.26 bits per heavy atom. The number of guanidine groups is 1. The Morgan fingerprint density at radius 1 is 1.58 bits per heavy atom. The lowest BCUT2D eigenvalue weighted by Gasteiger charge is -2.22. The summed E-state index contributed by atoms with van der Waals surface area (Å²) in [5.41, 5.74) is 0.435. The maximum Gasteiger partial charge on any atom is 0.194 e. The summed E-state index contributed by atoms with van der Waals surface area (Å²) in [6.45, 7) is 0.678. The van der Waals surface area contributed by atoms with Gasteiger partial charge in [-0.15, -0.1) is 30.4 Å². The maximum atomic E-state index is 13.6. The fraction of sp³-hybridized carbons (Fsp3) is 0.308. The second-order valence-corrected chi connectivity index (χ2v) is 4.07. The minimum atomic E-state index is -0.332. The van der Waals surface area contributed by atoms with Crippen molar-refractivity contribution in [2.45, 2.75) is 6.54 Å². The lowest BCUT2D eigenvalue weighted by molar-refractivity contribution is 0.464. The number of nitrogens with zero attached hydrogens (tertiary/aromatic N) is 2. The third kappa shape index (κ3) is 5.25. The van der Waals surface area contributed by atoms with Crippen molar-refractivity contribution in [2.75, 3.05) is 20.6 Å². The molecule has 1 aromatic carbocycles. The third-order valence-corrected chi connectivity index (χ3v) is 2.73. The largest absolute Gasteiger partial charge is 0.345 e. The molecule has 1 N–H and O–H groups in total. The first-order chi connectivity index (χ1) is 8.60. The van der Waals surface area contributed by atoms with Gasteiger partial charge in [0, 0.05) is 31.2 Å². The number of halogens is 3. The van der Waals surface area contributed by atoms with E-state index < -0.39 is 0 Å². The molecule has 0 aliphatic heterocycles. The van der Waals surface area contributed by atoms with Crippen LogP contribution in [0.3, 0.4) is 0 Å². The first kappa shape index (κ1) is 18.0. The fourth-order valence-corrected chi connectivity index (χ4v) is 1.73. The van der Waals surface area contributed by atoms with E-state index in [0.717, 1.165) is 0 Å². The van der Waals surface area contributed by atoms with Crippen molar-refractivity contribution in [1.29, 1.82) is 0 Å². The van der Waals surface area contributed by atoms with Gasteiger partial charge in [-0.25, -0.2) is 4.39 Å². The Kier molecular flexibility index (Phi) is 8.52. The molecule has 1 rings (SSSR count). The number of nitrogens with one attached hydrogen (secondary N) is 1. The van der Waals surface area contributed by atoms with Crippen molar-refractivity contribution in [3.63, 3.8) is 0 Å². The molecule has 0 amide bonds. The molecule has 0 saturated heterocycles. The van der Waals surface area contributed by atoms with Gasteiger partial charge in [-0.1, -0.05) is 23.6 Å². The van der Waals surface area contributed by atoms with Crippen LogP contribution in [0.1, 0.15) is 5.56 Å². The van der Waals surface area contributed by atoms with E-state index >= 15 is 0 Å². The zero-order valence-electron chi connectivity index (χ0n) is 10.8. The van der Waals surface area contributed by atoms with Crippen LogP contribution < -0.4 is 5.32 Å². The van der Waals surface area contributed by atoms with Gasteiger partial charge >= 0.3 is 0 Å². The van der Waals surface area contributed by atoms with E-state index in [1.54, 1.807) is 31.1 Å². The molecule has 104 valence electrons. The van der Waals surface area contributed by atoms with Crippen molar-refractivity contribution in [3.05, 3.63) is 34.6 Å². The van der Waals surface area contributed by atoms with Crippen LogP contribution in [-0.2, 0) is 6.54 Å². The van der Waals surface area contributed by atoms with Crippen LogP contribution in [0.2, 0.25) is 5.02 Å². The summed E-state index contributed by atoms with van der Waals surface area (Å²) >= 11 is 5.97. The molecule has 1 aromatic rings. The minimum absolute atomic E-state index is 0. The van der Waals surface area contributed by atoms with E-state index in [1.165, 1.54) is 6.07 Å². The second-order valence-electron chi connectivity index (χ2n) is 3.66. The predicted molar refractivity (Wildman–Crippen MR) is 88.5 cm³/mol. The Balaban J connectivity index is 0.00000324. The number of benzene rings is 1. The second kappa shape index (κ2) is 8.99. The van der Waals surface area contributed by atoms with Crippen molar-refractivity contribution >= 4 is 41.5 Å².